The fourth-order valence-corrected chi connectivity index (χ4v) is 3.93. The maximum absolute atomic E-state index is 4.58. The molecule has 0 unspecified atom stereocenters. The number of aryl methyl sites for hydroxylation is 4. The van der Waals surface area contributed by atoms with E-state index in [9.17, 15) is 0 Å². The van der Waals surface area contributed by atoms with Gasteiger partial charge in [0.1, 0.15) is 7.05 Å². The van der Waals surface area contributed by atoms with Crippen molar-refractivity contribution in [3.05, 3.63) is 83.3 Å². The fourth-order valence-electron chi connectivity index (χ4n) is 3.93. The molecule has 0 fully saturated rings. The van der Waals surface area contributed by atoms with Crippen molar-refractivity contribution in [2.24, 2.45) is 7.05 Å². The summed E-state index contributed by atoms with van der Waals surface area (Å²) < 4.78 is 2.26. The standard InChI is InChI=1S/C25H25N2/c1-16-12-17(2)19(4)23(13-16)25-24(20-11-10-18(3)26-14-20)22-9-7-6-8-21(22)15-27(25)5/h6-15H,1-5H3/q+1. The lowest BCUT2D eigenvalue weighted by Crippen LogP contribution is -2.31. The minimum absolute atomic E-state index is 1.03. The number of nitrogens with zero attached hydrogens (tertiary/aromatic N) is 2. The minimum Gasteiger partial charge on any atom is -0.261 e. The molecule has 0 bridgehead atoms. The Kier molecular flexibility index (Phi) is 4.27. The maximum atomic E-state index is 4.58. The molecule has 0 aliphatic carbocycles. The van der Waals surface area contributed by atoms with E-state index in [4.69, 9.17) is 0 Å². The Hall–Kier alpha value is -3.00. The van der Waals surface area contributed by atoms with Crippen LogP contribution >= 0.6 is 0 Å². The Morgan fingerprint density at radius 2 is 1.67 bits per heavy atom. The Balaban J connectivity index is 2.17. The normalized spacial score (nSPS) is 11.1. The van der Waals surface area contributed by atoms with E-state index in [2.05, 4.69) is 92.1 Å². The molecular weight excluding hydrogens is 328 g/mol. The first kappa shape index (κ1) is 17.4. The number of fused-ring (bicyclic) bond motifs is 1. The Morgan fingerprint density at radius 1 is 0.889 bits per heavy atom. The lowest BCUT2D eigenvalue weighted by molar-refractivity contribution is -0.658. The van der Waals surface area contributed by atoms with Gasteiger partial charge in [-0.2, -0.15) is 4.57 Å². The molecule has 0 aliphatic rings. The van der Waals surface area contributed by atoms with Crippen molar-refractivity contribution in [1.82, 2.24) is 4.98 Å². The summed E-state index contributed by atoms with van der Waals surface area (Å²) in [7, 11) is 2.14. The van der Waals surface area contributed by atoms with E-state index in [0.717, 1.165) is 11.3 Å². The van der Waals surface area contributed by atoms with Crippen LogP contribution in [0.5, 0.6) is 0 Å². The lowest BCUT2D eigenvalue weighted by atomic mass is 9.90. The highest BCUT2D eigenvalue weighted by Crippen LogP contribution is 2.37. The zero-order valence-corrected chi connectivity index (χ0v) is 16.7. The van der Waals surface area contributed by atoms with Crippen LogP contribution in [0.4, 0.5) is 0 Å². The molecule has 0 spiro atoms. The Labute approximate surface area is 161 Å². The molecule has 0 N–H and O–H groups in total. The van der Waals surface area contributed by atoms with E-state index in [-0.39, 0.29) is 0 Å². The van der Waals surface area contributed by atoms with Crippen molar-refractivity contribution in [3.63, 3.8) is 0 Å². The molecule has 2 heteroatoms. The molecular formula is C25H25N2+. The Morgan fingerprint density at radius 3 is 2.41 bits per heavy atom. The van der Waals surface area contributed by atoms with Crippen LogP contribution in [-0.2, 0) is 7.05 Å². The number of aromatic nitrogens is 2. The molecule has 0 aliphatic heterocycles. The predicted octanol–water partition coefficient (Wildman–Crippen LogP) is 5.63. The molecule has 2 heterocycles. The first-order valence-corrected chi connectivity index (χ1v) is 9.38. The van der Waals surface area contributed by atoms with E-state index < -0.39 is 0 Å². The number of pyridine rings is 2. The average molecular weight is 353 g/mol. The van der Waals surface area contributed by atoms with Crippen LogP contribution in [0.1, 0.15) is 22.4 Å². The number of hydrogen-bond acceptors (Lipinski definition) is 1. The van der Waals surface area contributed by atoms with Crippen molar-refractivity contribution in [2.45, 2.75) is 27.7 Å². The summed E-state index contributed by atoms with van der Waals surface area (Å²) >= 11 is 0. The molecule has 0 amide bonds. The summed E-state index contributed by atoms with van der Waals surface area (Å²) in [4.78, 5) is 4.58. The van der Waals surface area contributed by atoms with Gasteiger partial charge in [-0.1, -0.05) is 35.9 Å². The minimum atomic E-state index is 1.03. The summed E-state index contributed by atoms with van der Waals surface area (Å²) in [6, 6.07) is 17.4. The van der Waals surface area contributed by atoms with Crippen LogP contribution in [0, 0.1) is 27.7 Å². The smallest absolute Gasteiger partial charge is 0.221 e. The highest BCUT2D eigenvalue weighted by atomic mass is 14.9. The summed E-state index contributed by atoms with van der Waals surface area (Å²) in [5.74, 6) is 0. The highest BCUT2D eigenvalue weighted by Gasteiger charge is 2.23. The molecule has 0 atom stereocenters. The summed E-state index contributed by atoms with van der Waals surface area (Å²) in [6.45, 7) is 8.61. The molecule has 2 aromatic carbocycles. The summed E-state index contributed by atoms with van der Waals surface area (Å²) in [6.07, 6.45) is 4.23. The number of hydrogen-bond donors (Lipinski definition) is 0. The summed E-state index contributed by atoms with van der Waals surface area (Å²) in [5, 5.41) is 2.50. The molecule has 134 valence electrons. The van der Waals surface area contributed by atoms with Gasteiger partial charge < -0.3 is 0 Å². The molecule has 2 aromatic heterocycles. The second-order valence-electron chi connectivity index (χ2n) is 7.49. The number of rotatable bonds is 2. The molecule has 0 radical (unpaired) electrons. The van der Waals surface area contributed by atoms with Gasteiger partial charge in [-0.05, 0) is 57.0 Å². The van der Waals surface area contributed by atoms with Crippen LogP contribution < -0.4 is 4.57 Å². The predicted molar refractivity (Wildman–Crippen MR) is 113 cm³/mol. The first-order valence-electron chi connectivity index (χ1n) is 9.38. The largest absolute Gasteiger partial charge is 0.261 e. The maximum Gasteiger partial charge on any atom is 0.221 e. The van der Waals surface area contributed by atoms with E-state index in [1.54, 1.807) is 0 Å². The Bertz CT molecular complexity index is 1160. The van der Waals surface area contributed by atoms with Gasteiger partial charge in [0, 0.05) is 28.2 Å². The van der Waals surface area contributed by atoms with E-state index >= 15 is 0 Å². The molecule has 2 nitrogen and oxygen atoms in total. The van der Waals surface area contributed by atoms with Crippen LogP contribution in [0.2, 0.25) is 0 Å². The third-order valence-corrected chi connectivity index (χ3v) is 5.42. The quantitative estimate of drug-likeness (QED) is 0.427. The van der Waals surface area contributed by atoms with Crippen LogP contribution in [-0.4, -0.2) is 4.98 Å². The van der Waals surface area contributed by atoms with E-state index in [1.807, 2.05) is 13.1 Å². The van der Waals surface area contributed by atoms with Gasteiger partial charge in [-0.15, -0.1) is 0 Å². The molecule has 4 aromatic rings. The van der Waals surface area contributed by atoms with E-state index in [0.29, 0.717) is 0 Å². The molecule has 4 rings (SSSR count). The van der Waals surface area contributed by atoms with Gasteiger partial charge in [0.15, 0.2) is 6.20 Å². The van der Waals surface area contributed by atoms with Crippen LogP contribution in [0.3, 0.4) is 0 Å². The zero-order chi connectivity index (χ0) is 19.1. The van der Waals surface area contributed by atoms with Gasteiger partial charge in [-0.3, -0.25) is 4.98 Å². The van der Waals surface area contributed by atoms with Crippen LogP contribution in [0.25, 0.3) is 33.2 Å². The molecule has 0 saturated heterocycles. The summed E-state index contributed by atoms with van der Waals surface area (Å²) in [5.41, 5.74) is 9.90. The zero-order valence-electron chi connectivity index (χ0n) is 16.7. The second kappa shape index (κ2) is 6.62. The van der Waals surface area contributed by atoms with Gasteiger partial charge in [0.25, 0.3) is 0 Å². The fraction of sp³-hybridized carbons (Fsp3) is 0.200. The van der Waals surface area contributed by atoms with Crippen molar-refractivity contribution in [3.8, 4) is 22.4 Å². The van der Waals surface area contributed by atoms with Crippen molar-refractivity contribution in [1.29, 1.82) is 0 Å². The van der Waals surface area contributed by atoms with E-state index in [1.165, 1.54) is 44.3 Å². The highest BCUT2D eigenvalue weighted by molar-refractivity contribution is 6.01. The van der Waals surface area contributed by atoms with Gasteiger partial charge >= 0.3 is 0 Å². The van der Waals surface area contributed by atoms with Gasteiger partial charge in [0.05, 0.1) is 11.1 Å². The molecule has 27 heavy (non-hydrogen) atoms. The SMILES string of the molecule is Cc1cc(C)c(C)c(-c2c(-c3ccc(C)nc3)c3ccccc3c[n+]2C)c1. The van der Waals surface area contributed by atoms with Crippen molar-refractivity contribution >= 4 is 10.8 Å². The topological polar surface area (TPSA) is 16.8 Å². The lowest BCUT2D eigenvalue weighted by Gasteiger charge is -2.15. The molecule has 0 saturated carbocycles. The van der Waals surface area contributed by atoms with Crippen LogP contribution in [0.15, 0.2) is 60.9 Å². The third-order valence-electron chi connectivity index (χ3n) is 5.42. The van der Waals surface area contributed by atoms with Gasteiger partial charge in [0.2, 0.25) is 5.69 Å². The first-order chi connectivity index (χ1) is 13.0. The second-order valence-corrected chi connectivity index (χ2v) is 7.49. The van der Waals surface area contributed by atoms with Crippen molar-refractivity contribution < 1.29 is 4.57 Å². The van der Waals surface area contributed by atoms with Crippen molar-refractivity contribution in [2.75, 3.05) is 0 Å². The monoisotopic (exact) mass is 353 g/mol. The third kappa shape index (κ3) is 3.02. The number of benzene rings is 2. The van der Waals surface area contributed by atoms with Gasteiger partial charge in [-0.25, -0.2) is 0 Å². The average Bonchev–Trinajstić information content (AvgIpc) is 2.64.